The zero-order chi connectivity index (χ0) is 12.5. The van der Waals surface area contributed by atoms with E-state index in [0.29, 0.717) is 5.78 Å². The second-order valence-corrected chi connectivity index (χ2v) is 5.12. The Morgan fingerprint density at radius 2 is 1.94 bits per heavy atom. The van der Waals surface area contributed by atoms with E-state index in [2.05, 4.69) is 19.1 Å². The maximum Gasteiger partial charge on any atom is 0.185 e. The molecule has 0 radical (unpaired) electrons. The van der Waals surface area contributed by atoms with Crippen LogP contribution in [0, 0.1) is 0 Å². The number of hydrogen-bond acceptors (Lipinski definition) is 1. The lowest BCUT2D eigenvalue weighted by atomic mass is 9.93. The van der Waals surface area contributed by atoms with E-state index in [9.17, 15) is 4.79 Å². The Labute approximate surface area is 108 Å². The molecule has 3 rings (SSSR count). The van der Waals surface area contributed by atoms with Crippen molar-refractivity contribution in [2.24, 2.45) is 0 Å². The Kier molecular flexibility index (Phi) is 2.91. The molecule has 0 saturated carbocycles. The normalized spacial score (nSPS) is 21.5. The second kappa shape index (κ2) is 4.56. The van der Waals surface area contributed by atoms with Gasteiger partial charge in [-0.1, -0.05) is 42.8 Å². The first-order valence-electron chi connectivity index (χ1n) is 6.84. The molecule has 0 aliphatic heterocycles. The molecule has 2 aliphatic rings. The summed E-state index contributed by atoms with van der Waals surface area (Å²) in [5, 5.41) is 0. The van der Waals surface area contributed by atoms with E-state index in [1.54, 1.807) is 0 Å². The van der Waals surface area contributed by atoms with E-state index >= 15 is 0 Å². The quantitative estimate of drug-likeness (QED) is 0.702. The van der Waals surface area contributed by atoms with Gasteiger partial charge in [0, 0.05) is 5.57 Å². The lowest BCUT2D eigenvalue weighted by Crippen LogP contribution is -2.02. The van der Waals surface area contributed by atoms with Crippen LogP contribution in [0.15, 0.2) is 47.1 Å². The molecule has 2 aliphatic carbocycles. The first-order chi connectivity index (χ1) is 8.81. The maximum atomic E-state index is 12.4. The van der Waals surface area contributed by atoms with Crippen LogP contribution in [-0.4, -0.2) is 5.78 Å². The molecule has 0 N–H and O–H groups in total. The van der Waals surface area contributed by atoms with Crippen molar-refractivity contribution in [3.8, 4) is 0 Å². The maximum absolute atomic E-state index is 12.4. The van der Waals surface area contributed by atoms with Crippen LogP contribution < -0.4 is 0 Å². The third kappa shape index (κ3) is 1.74. The molecule has 0 atom stereocenters. The van der Waals surface area contributed by atoms with Crippen molar-refractivity contribution in [2.45, 2.75) is 39.0 Å². The number of ketones is 1. The number of carbonyl (C=O) groups excluding carboxylic acids is 1. The molecule has 1 aromatic carbocycles. The summed E-state index contributed by atoms with van der Waals surface area (Å²) in [4.78, 5) is 12.4. The SMILES string of the molecule is CC/C(=C1/CC2=C(CCC2)C1=O)c1ccccc1. The minimum absolute atomic E-state index is 0.336. The molecule has 0 amide bonds. The summed E-state index contributed by atoms with van der Waals surface area (Å²) in [6.07, 6.45) is 5.16. The zero-order valence-corrected chi connectivity index (χ0v) is 10.8. The third-order valence-electron chi connectivity index (χ3n) is 4.11. The highest BCUT2D eigenvalue weighted by molar-refractivity contribution is 6.16. The highest BCUT2D eigenvalue weighted by Gasteiger charge is 2.32. The van der Waals surface area contributed by atoms with Crippen LogP contribution in [0.2, 0.25) is 0 Å². The fraction of sp³-hybridized carbons (Fsp3) is 0.353. The molecule has 0 aromatic heterocycles. The van der Waals surface area contributed by atoms with Crippen molar-refractivity contribution in [2.75, 3.05) is 0 Å². The summed E-state index contributed by atoms with van der Waals surface area (Å²) < 4.78 is 0. The van der Waals surface area contributed by atoms with E-state index in [1.165, 1.54) is 23.1 Å². The number of benzene rings is 1. The lowest BCUT2D eigenvalue weighted by Gasteiger charge is -2.10. The Bertz CT molecular complexity index is 546. The van der Waals surface area contributed by atoms with Crippen molar-refractivity contribution >= 4 is 11.4 Å². The summed E-state index contributed by atoms with van der Waals surface area (Å²) in [5.41, 5.74) is 6.07. The average molecular weight is 238 g/mol. The number of rotatable bonds is 2. The number of allylic oxidation sites excluding steroid dienone is 4. The second-order valence-electron chi connectivity index (χ2n) is 5.12. The Hall–Kier alpha value is -1.63. The summed E-state index contributed by atoms with van der Waals surface area (Å²) in [7, 11) is 0. The van der Waals surface area contributed by atoms with E-state index in [0.717, 1.165) is 36.8 Å². The smallest absolute Gasteiger partial charge is 0.185 e. The van der Waals surface area contributed by atoms with Gasteiger partial charge in [-0.25, -0.2) is 0 Å². The monoisotopic (exact) mass is 238 g/mol. The highest BCUT2D eigenvalue weighted by Crippen LogP contribution is 2.42. The van der Waals surface area contributed by atoms with Gasteiger partial charge in [-0.2, -0.15) is 0 Å². The van der Waals surface area contributed by atoms with Gasteiger partial charge in [-0.15, -0.1) is 0 Å². The van der Waals surface area contributed by atoms with Gasteiger partial charge < -0.3 is 0 Å². The highest BCUT2D eigenvalue weighted by atomic mass is 16.1. The van der Waals surface area contributed by atoms with Gasteiger partial charge in [0.2, 0.25) is 0 Å². The molecule has 1 nitrogen and oxygen atoms in total. The summed E-state index contributed by atoms with van der Waals surface area (Å²) in [5.74, 6) is 0.336. The molecule has 92 valence electrons. The molecule has 0 unspecified atom stereocenters. The van der Waals surface area contributed by atoms with Gasteiger partial charge >= 0.3 is 0 Å². The molecular weight excluding hydrogens is 220 g/mol. The van der Waals surface area contributed by atoms with Crippen molar-refractivity contribution in [1.29, 1.82) is 0 Å². The topological polar surface area (TPSA) is 17.1 Å². The molecule has 18 heavy (non-hydrogen) atoms. The van der Waals surface area contributed by atoms with E-state index < -0.39 is 0 Å². The predicted molar refractivity (Wildman–Crippen MR) is 74.2 cm³/mol. The van der Waals surface area contributed by atoms with Gasteiger partial charge in [-0.05, 0) is 48.8 Å². The fourth-order valence-electron chi connectivity index (χ4n) is 3.23. The van der Waals surface area contributed by atoms with Crippen molar-refractivity contribution in [3.05, 3.63) is 52.6 Å². The molecule has 0 spiro atoms. The van der Waals surface area contributed by atoms with Crippen LogP contribution in [-0.2, 0) is 4.79 Å². The Morgan fingerprint density at radius 1 is 1.17 bits per heavy atom. The number of Topliss-reactive ketones (excluding diaryl/α,β-unsaturated/α-hetero) is 1. The third-order valence-corrected chi connectivity index (χ3v) is 4.11. The van der Waals surface area contributed by atoms with Crippen LogP contribution in [0.3, 0.4) is 0 Å². The molecular formula is C17H18O. The molecule has 0 saturated heterocycles. The standard InChI is InChI=1S/C17H18O/c1-2-14(12-7-4-3-5-8-12)16-11-13-9-6-10-15(13)17(16)18/h3-5,7-8H,2,6,9-11H2,1H3/b16-14+. The minimum atomic E-state index is 0.336. The van der Waals surface area contributed by atoms with Crippen molar-refractivity contribution in [1.82, 2.24) is 0 Å². The van der Waals surface area contributed by atoms with E-state index in [4.69, 9.17) is 0 Å². The van der Waals surface area contributed by atoms with Crippen LogP contribution in [0.4, 0.5) is 0 Å². The largest absolute Gasteiger partial charge is 0.289 e. The Balaban J connectivity index is 2.02. The van der Waals surface area contributed by atoms with Gasteiger partial charge in [-0.3, -0.25) is 4.79 Å². The zero-order valence-electron chi connectivity index (χ0n) is 10.8. The summed E-state index contributed by atoms with van der Waals surface area (Å²) in [6, 6.07) is 10.3. The Morgan fingerprint density at radius 3 is 2.61 bits per heavy atom. The summed E-state index contributed by atoms with van der Waals surface area (Å²) in [6.45, 7) is 2.14. The van der Waals surface area contributed by atoms with Crippen molar-refractivity contribution < 1.29 is 4.79 Å². The van der Waals surface area contributed by atoms with Crippen LogP contribution in [0.1, 0.15) is 44.6 Å². The first kappa shape index (κ1) is 11.5. The van der Waals surface area contributed by atoms with Crippen LogP contribution >= 0.6 is 0 Å². The number of carbonyl (C=O) groups is 1. The number of hydrogen-bond donors (Lipinski definition) is 0. The van der Waals surface area contributed by atoms with Gasteiger partial charge in [0.15, 0.2) is 5.78 Å². The molecule has 1 heteroatoms. The molecule has 0 heterocycles. The molecule has 0 bridgehead atoms. The van der Waals surface area contributed by atoms with Gasteiger partial charge in [0.05, 0.1) is 0 Å². The van der Waals surface area contributed by atoms with Crippen LogP contribution in [0.5, 0.6) is 0 Å². The first-order valence-corrected chi connectivity index (χ1v) is 6.84. The van der Waals surface area contributed by atoms with E-state index in [1.807, 2.05) is 18.2 Å². The van der Waals surface area contributed by atoms with Crippen LogP contribution in [0.25, 0.3) is 5.57 Å². The molecule has 1 aromatic rings. The predicted octanol–water partition coefficient (Wildman–Crippen LogP) is 4.30. The van der Waals surface area contributed by atoms with Crippen molar-refractivity contribution in [3.63, 3.8) is 0 Å². The van der Waals surface area contributed by atoms with E-state index in [-0.39, 0.29) is 0 Å². The summed E-state index contributed by atoms with van der Waals surface area (Å²) >= 11 is 0. The van der Waals surface area contributed by atoms with Gasteiger partial charge in [0.1, 0.15) is 0 Å². The molecule has 0 fully saturated rings. The minimum Gasteiger partial charge on any atom is -0.289 e. The average Bonchev–Trinajstić information content (AvgIpc) is 2.97. The lowest BCUT2D eigenvalue weighted by molar-refractivity contribution is -0.112. The fourth-order valence-corrected chi connectivity index (χ4v) is 3.23. The van der Waals surface area contributed by atoms with Gasteiger partial charge in [0.25, 0.3) is 0 Å².